The summed E-state index contributed by atoms with van der Waals surface area (Å²) in [5.41, 5.74) is 8.12. The van der Waals surface area contributed by atoms with Crippen LogP contribution in [0.3, 0.4) is 0 Å². The number of primary amides is 1. The smallest absolute Gasteiger partial charge is 0.341 e. The second kappa shape index (κ2) is 9.09. The first-order chi connectivity index (χ1) is 15.0. The lowest BCUT2D eigenvalue weighted by Crippen LogP contribution is -2.16. The summed E-state index contributed by atoms with van der Waals surface area (Å²) >= 11 is 1.43. The van der Waals surface area contributed by atoms with Crippen LogP contribution in [0.25, 0.3) is 0 Å². The van der Waals surface area contributed by atoms with Crippen molar-refractivity contribution in [2.45, 2.75) is 32.3 Å². The van der Waals surface area contributed by atoms with Gasteiger partial charge in [-0.1, -0.05) is 12.1 Å². The van der Waals surface area contributed by atoms with Crippen molar-refractivity contribution in [2.75, 3.05) is 5.32 Å². The molecule has 0 spiro atoms. The molecule has 3 N–H and O–H groups in total. The second-order valence-corrected chi connectivity index (χ2v) is 8.36. The number of amides is 2. The van der Waals surface area contributed by atoms with Crippen molar-refractivity contribution in [3.63, 3.8) is 0 Å². The van der Waals surface area contributed by atoms with E-state index in [1.54, 1.807) is 42.6 Å². The maximum atomic E-state index is 13.0. The molecule has 1 aliphatic carbocycles. The van der Waals surface area contributed by atoms with Gasteiger partial charge < -0.3 is 15.8 Å². The molecule has 0 bridgehead atoms. The second-order valence-electron chi connectivity index (χ2n) is 7.25. The molecule has 2 amide bonds. The molecule has 0 fully saturated rings. The number of pyridine rings is 1. The fourth-order valence-corrected chi connectivity index (χ4v) is 4.85. The van der Waals surface area contributed by atoms with E-state index >= 15 is 0 Å². The largest absolute Gasteiger partial charge is 0.457 e. The molecule has 0 aliphatic heterocycles. The molecular weight excluding hydrogens is 414 g/mol. The number of esters is 1. The minimum atomic E-state index is -0.541. The highest BCUT2D eigenvalue weighted by Crippen LogP contribution is 2.39. The minimum absolute atomic E-state index is 0.000561. The number of carbonyl (C=O) groups is 3. The van der Waals surface area contributed by atoms with Gasteiger partial charge in [-0.05, 0) is 61.1 Å². The first kappa shape index (κ1) is 20.7. The van der Waals surface area contributed by atoms with Gasteiger partial charge in [-0.25, -0.2) is 4.79 Å². The zero-order valence-electron chi connectivity index (χ0n) is 16.7. The zero-order chi connectivity index (χ0) is 21.8. The average Bonchev–Trinajstić information content (AvgIpc) is 3.16. The number of benzene rings is 1. The van der Waals surface area contributed by atoms with Crippen LogP contribution in [0.5, 0.6) is 0 Å². The number of nitrogens with two attached hydrogens (primary N) is 1. The molecule has 0 atom stereocenters. The van der Waals surface area contributed by atoms with Gasteiger partial charge in [0.05, 0.1) is 11.1 Å². The van der Waals surface area contributed by atoms with Crippen LogP contribution in [0.15, 0.2) is 48.8 Å². The number of hydrogen-bond donors (Lipinski definition) is 2. The number of rotatable bonds is 6. The van der Waals surface area contributed by atoms with E-state index in [9.17, 15) is 14.4 Å². The van der Waals surface area contributed by atoms with Gasteiger partial charge in [-0.3, -0.25) is 14.6 Å². The van der Waals surface area contributed by atoms with E-state index in [4.69, 9.17) is 10.5 Å². The van der Waals surface area contributed by atoms with Crippen LogP contribution in [0.1, 0.15) is 59.9 Å². The van der Waals surface area contributed by atoms with E-state index < -0.39 is 11.9 Å². The average molecular weight is 436 g/mol. The van der Waals surface area contributed by atoms with Gasteiger partial charge in [0.1, 0.15) is 11.6 Å². The predicted molar refractivity (Wildman–Crippen MR) is 117 cm³/mol. The number of nitrogens with zero attached hydrogens (tertiary/aromatic N) is 1. The SMILES string of the molecule is NC(=O)c1cccc(COC(=O)c2c(NC(=O)c3cccnc3)sc3c2CCCC3)c1. The fourth-order valence-electron chi connectivity index (χ4n) is 3.58. The van der Waals surface area contributed by atoms with Crippen LogP contribution in [0.2, 0.25) is 0 Å². The van der Waals surface area contributed by atoms with Crippen molar-refractivity contribution in [1.29, 1.82) is 0 Å². The summed E-state index contributed by atoms with van der Waals surface area (Å²) in [7, 11) is 0. The molecule has 0 saturated heterocycles. The molecule has 4 rings (SSSR count). The third-order valence-electron chi connectivity index (χ3n) is 5.11. The summed E-state index contributed by atoms with van der Waals surface area (Å²) < 4.78 is 5.55. The van der Waals surface area contributed by atoms with Crippen LogP contribution in [-0.2, 0) is 24.2 Å². The summed E-state index contributed by atoms with van der Waals surface area (Å²) in [5.74, 6) is -1.36. The molecular formula is C23H21N3O4S. The van der Waals surface area contributed by atoms with Gasteiger partial charge in [-0.2, -0.15) is 0 Å². The van der Waals surface area contributed by atoms with Crippen LogP contribution >= 0.6 is 11.3 Å². The first-order valence-corrected chi connectivity index (χ1v) is 10.8. The van der Waals surface area contributed by atoms with Gasteiger partial charge in [0.2, 0.25) is 5.91 Å². The van der Waals surface area contributed by atoms with Crippen molar-refractivity contribution in [3.05, 3.63) is 81.5 Å². The van der Waals surface area contributed by atoms with Gasteiger partial charge in [0.15, 0.2) is 0 Å². The first-order valence-electron chi connectivity index (χ1n) is 9.94. The van der Waals surface area contributed by atoms with Gasteiger partial charge >= 0.3 is 5.97 Å². The summed E-state index contributed by atoms with van der Waals surface area (Å²) in [6, 6.07) is 10.0. The van der Waals surface area contributed by atoms with Crippen molar-refractivity contribution in [2.24, 2.45) is 5.73 Å². The fraction of sp³-hybridized carbons (Fsp3) is 0.217. The number of anilines is 1. The molecule has 0 unspecified atom stereocenters. The van der Waals surface area contributed by atoms with Crippen LogP contribution in [0.4, 0.5) is 5.00 Å². The summed E-state index contributed by atoms with van der Waals surface area (Å²) in [5, 5.41) is 3.36. The Labute approximate surface area is 183 Å². The Morgan fingerprint density at radius 3 is 2.68 bits per heavy atom. The van der Waals surface area contributed by atoms with E-state index in [2.05, 4.69) is 10.3 Å². The van der Waals surface area contributed by atoms with Crippen LogP contribution in [0, 0.1) is 0 Å². The minimum Gasteiger partial charge on any atom is -0.457 e. The Morgan fingerprint density at radius 1 is 1.10 bits per heavy atom. The molecule has 1 aliphatic rings. The van der Waals surface area contributed by atoms with E-state index in [1.165, 1.54) is 17.5 Å². The Balaban J connectivity index is 1.57. The quantitative estimate of drug-likeness (QED) is 0.573. The molecule has 0 saturated carbocycles. The lowest BCUT2D eigenvalue weighted by Gasteiger charge is -2.13. The van der Waals surface area contributed by atoms with Crippen molar-refractivity contribution in [3.8, 4) is 0 Å². The van der Waals surface area contributed by atoms with Crippen LogP contribution in [-0.4, -0.2) is 22.8 Å². The summed E-state index contributed by atoms with van der Waals surface area (Å²) in [6.45, 7) is 0.000561. The standard InChI is InChI=1S/C23H21N3O4S/c24-20(27)15-6-3-5-14(11-15)13-30-23(29)19-17-8-1-2-9-18(17)31-22(19)26-21(28)16-7-4-10-25-12-16/h3-7,10-12H,1-2,8-9,13H2,(H2,24,27)(H,26,28). The summed E-state index contributed by atoms with van der Waals surface area (Å²) in [6.07, 6.45) is 6.77. The van der Waals surface area contributed by atoms with E-state index in [-0.39, 0.29) is 12.5 Å². The Kier molecular flexibility index (Phi) is 6.08. The molecule has 2 heterocycles. The van der Waals surface area contributed by atoms with Gasteiger partial charge in [0, 0.05) is 22.8 Å². The number of aryl methyl sites for hydroxylation is 1. The van der Waals surface area contributed by atoms with Gasteiger partial charge in [-0.15, -0.1) is 11.3 Å². The molecule has 2 aromatic heterocycles. The molecule has 158 valence electrons. The maximum Gasteiger partial charge on any atom is 0.341 e. The van der Waals surface area contributed by atoms with Crippen molar-refractivity contribution in [1.82, 2.24) is 4.98 Å². The molecule has 7 nitrogen and oxygen atoms in total. The molecule has 8 heteroatoms. The molecule has 1 aromatic carbocycles. The number of ether oxygens (including phenoxy) is 1. The normalized spacial score (nSPS) is 12.6. The molecule has 3 aromatic rings. The molecule has 0 radical (unpaired) electrons. The maximum absolute atomic E-state index is 13.0. The monoisotopic (exact) mass is 435 g/mol. The Bertz CT molecular complexity index is 1140. The summed E-state index contributed by atoms with van der Waals surface area (Å²) in [4.78, 5) is 42.1. The molecule has 31 heavy (non-hydrogen) atoms. The number of thiophene rings is 1. The van der Waals surface area contributed by atoms with Crippen LogP contribution < -0.4 is 11.1 Å². The highest BCUT2D eigenvalue weighted by Gasteiger charge is 2.27. The number of nitrogens with one attached hydrogen (secondary N) is 1. The highest BCUT2D eigenvalue weighted by atomic mass is 32.1. The lowest BCUT2D eigenvalue weighted by atomic mass is 9.95. The third-order valence-corrected chi connectivity index (χ3v) is 6.31. The number of hydrogen-bond acceptors (Lipinski definition) is 6. The number of fused-ring (bicyclic) bond motifs is 1. The van der Waals surface area contributed by atoms with E-state index in [1.807, 2.05) is 0 Å². The zero-order valence-corrected chi connectivity index (χ0v) is 17.5. The van der Waals surface area contributed by atoms with E-state index in [0.29, 0.717) is 27.3 Å². The highest BCUT2D eigenvalue weighted by molar-refractivity contribution is 7.17. The number of aromatic nitrogens is 1. The topological polar surface area (TPSA) is 111 Å². The Hall–Kier alpha value is -3.52. The lowest BCUT2D eigenvalue weighted by molar-refractivity contribution is 0.0473. The van der Waals surface area contributed by atoms with Crippen molar-refractivity contribution < 1.29 is 19.1 Å². The van der Waals surface area contributed by atoms with Crippen molar-refractivity contribution >= 4 is 34.1 Å². The van der Waals surface area contributed by atoms with Gasteiger partial charge in [0.25, 0.3) is 5.91 Å². The predicted octanol–water partition coefficient (Wildman–Crippen LogP) is 3.73. The number of carbonyl (C=O) groups excluding carboxylic acids is 3. The van der Waals surface area contributed by atoms with E-state index in [0.717, 1.165) is 36.1 Å². The third kappa shape index (κ3) is 4.64. The Morgan fingerprint density at radius 2 is 1.90 bits per heavy atom.